The first-order chi connectivity index (χ1) is 4.91. The molecule has 62 valence electrons. The van der Waals surface area contributed by atoms with Gasteiger partial charge in [0.15, 0.2) is 0 Å². The van der Waals surface area contributed by atoms with Crippen LogP contribution in [0.2, 0.25) is 1.41 Å². The predicted molar refractivity (Wildman–Crippen MR) is 45.5 cm³/mol. The Morgan fingerprint density at radius 3 is 2.40 bits per heavy atom. The van der Waals surface area contributed by atoms with Crippen molar-refractivity contribution in [3.05, 3.63) is 6.04 Å². The molecule has 0 aromatic heterocycles. The molecule has 0 radical (unpaired) electrons. The first kappa shape index (κ1) is 8.02. The van der Waals surface area contributed by atoms with Crippen molar-refractivity contribution < 1.29 is 1.41 Å². The molecule has 0 bridgehead atoms. The van der Waals surface area contributed by atoms with Crippen LogP contribution in [-0.4, -0.2) is 24.0 Å². The predicted octanol–water partition coefficient (Wildman–Crippen LogP) is 1.23. The molecule has 0 atom stereocenters. The molecule has 0 aromatic carbocycles. The molecule has 0 aromatic rings. The molecular weight excluding hydrogens is 124 g/mol. The zero-order valence-corrected chi connectivity index (χ0v) is 7.65. The third-order valence-electron chi connectivity index (χ3n) is 2.01. The van der Waals surface area contributed by atoms with Gasteiger partial charge in [0.1, 0.15) is 1.41 Å². The average Bonchev–Trinajstić information content (AvgIpc) is 1.86. The number of rotatable bonds is 4. The summed E-state index contributed by atoms with van der Waals surface area (Å²) in [5.74, 6) is 0. The van der Waals surface area contributed by atoms with Crippen molar-refractivity contribution >= 4 is 0 Å². The van der Waals surface area contributed by atoms with E-state index >= 15 is 0 Å². The van der Waals surface area contributed by atoms with E-state index in [-0.39, 0.29) is 5.54 Å². The molecule has 0 aliphatic rings. The van der Waals surface area contributed by atoms with Gasteiger partial charge in [0.25, 0.3) is 0 Å². The van der Waals surface area contributed by atoms with Gasteiger partial charge < -0.3 is 10.6 Å². The molecule has 2 nitrogen and oxygen atoms in total. The van der Waals surface area contributed by atoms with Crippen LogP contribution in [0.3, 0.4) is 0 Å². The summed E-state index contributed by atoms with van der Waals surface area (Å²) in [5.41, 5.74) is 2.47. The lowest BCUT2D eigenvalue weighted by atomic mass is 10.0. The van der Waals surface area contributed by atoms with Crippen LogP contribution in [0.15, 0.2) is 0 Å². The van der Waals surface area contributed by atoms with Crippen LogP contribution in [0.25, 0.3) is 0 Å². The lowest BCUT2D eigenvalue weighted by Gasteiger charge is -2.47. The number of likely N-dealkylation sites (N-methyl/N-ethyl adjacent to an activating group) is 1. The van der Waals surface area contributed by atoms with Gasteiger partial charge in [0, 0.05) is 12.1 Å². The number of hydrogen-bond donors (Lipinski definition) is 1. The topological polar surface area (TPSA) is 29.3 Å². The molecule has 0 saturated carbocycles. The Balaban J connectivity index is 4.05. The minimum absolute atomic E-state index is 0.0284. The van der Waals surface area contributed by atoms with Crippen molar-refractivity contribution in [2.24, 2.45) is 5.73 Å². The van der Waals surface area contributed by atoms with Crippen molar-refractivity contribution in [2.45, 2.75) is 33.2 Å². The van der Waals surface area contributed by atoms with E-state index in [4.69, 9.17) is 1.41 Å². The van der Waals surface area contributed by atoms with Crippen molar-refractivity contribution in [2.75, 3.05) is 13.6 Å². The van der Waals surface area contributed by atoms with Gasteiger partial charge in [-0.1, -0.05) is 0 Å². The third-order valence-corrected chi connectivity index (χ3v) is 2.01. The zero-order valence-electron chi connectivity index (χ0n) is 8.65. The molecule has 10 heavy (non-hydrogen) atoms. The van der Waals surface area contributed by atoms with Gasteiger partial charge in [0.05, 0.1) is 0 Å². The summed E-state index contributed by atoms with van der Waals surface area (Å²) in [6, 6.07) is 1.27. The molecule has 0 fully saturated rings. The van der Waals surface area contributed by atoms with E-state index < -0.39 is 0 Å². The SMILES string of the molecule is [3H]NCC(C)(C)N(C)[C-](C)C. The van der Waals surface area contributed by atoms with E-state index in [0.29, 0.717) is 6.54 Å². The van der Waals surface area contributed by atoms with E-state index in [9.17, 15) is 0 Å². The highest BCUT2D eigenvalue weighted by atomic mass is 15.2. The van der Waals surface area contributed by atoms with Crippen molar-refractivity contribution in [1.82, 2.24) is 4.90 Å². The number of nitrogens with two attached hydrogens (primary N) is 1. The minimum atomic E-state index is 0.0284. The molecule has 0 spiro atoms. The van der Waals surface area contributed by atoms with Gasteiger partial charge in [-0.25, -0.2) is 0 Å². The second kappa shape index (κ2) is 3.35. The molecule has 0 heterocycles. The van der Waals surface area contributed by atoms with Crippen LogP contribution < -0.4 is 5.73 Å². The molecule has 0 rings (SSSR count). The first-order valence-electron chi connectivity index (χ1n) is 4.10. The van der Waals surface area contributed by atoms with Gasteiger partial charge in [-0.3, -0.25) is 6.04 Å². The van der Waals surface area contributed by atoms with Crippen LogP contribution >= 0.6 is 0 Å². The number of nitrogens with zero attached hydrogens (tertiary/aromatic N) is 1. The van der Waals surface area contributed by atoms with Gasteiger partial charge >= 0.3 is 0 Å². The van der Waals surface area contributed by atoms with Crippen LogP contribution in [0.1, 0.15) is 27.7 Å². The first-order valence-corrected chi connectivity index (χ1v) is 3.60. The summed E-state index contributed by atoms with van der Waals surface area (Å²) in [5, 5.41) is 0. The molecule has 2 N–H and O–H groups in total. The largest absolute Gasteiger partial charge is 0.451 e. The van der Waals surface area contributed by atoms with Crippen LogP contribution in [0.4, 0.5) is 0 Å². The summed E-state index contributed by atoms with van der Waals surface area (Å²) in [7, 11) is 2.05. The quantitative estimate of drug-likeness (QED) is 0.603. The Morgan fingerprint density at radius 1 is 1.60 bits per heavy atom. The molecule has 0 aliphatic carbocycles. The smallest absolute Gasteiger partial charge is 0.118 e. The van der Waals surface area contributed by atoms with Gasteiger partial charge in [-0.05, 0) is 20.9 Å². The van der Waals surface area contributed by atoms with Crippen LogP contribution in [0, 0.1) is 6.04 Å². The highest BCUT2D eigenvalue weighted by Gasteiger charge is 2.16. The third kappa shape index (κ3) is 2.27. The molecule has 0 unspecified atom stereocenters. The van der Waals surface area contributed by atoms with E-state index in [1.807, 2.05) is 7.05 Å². The lowest BCUT2D eigenvalue weighted by Crippen LogP contribution is -2.47. The average molecular weight is 145 g/mol. The second-order valence-electron chi connectivity index (χ2n) is 3.50. The van der Waals surface area contributed by atoms with E-state index in [1.165, 1.54) is 6.04 Å². The summed E-state index contributed by atoms with van der Waals surface area (Å²) < 4.78 is 6.91. The van der Waals surface area contributed by atoms with E-state index in [1.54, 1.807) is 0 Å². The fourth-order valence-corrected chi connectivity index (χ4v) is 0.724. The summed E-state index contributed by atoms with van der Waals surface area (Å²) in [6.07, 6.45) is 0. The maximum Gasteiger partial charge on any atom is 0.118 e. The lowest BCUT2D eigenvalue weighted by molar-refractivity contribution is 0.178. The van der Waals surface area contributed by atoms with Crippen LogP contribution in [-0.2, 0) is 0 Å². The van der Waals surface area contributed by atoms with Gasteiger partial charge in [-0.15, -0.1) is 0 Å². The van der Waals surface area contributed by atoms with E-state index in [2.05, 4.69) is 38.3 Å². The summed E-state index contributed by atoms with van der Waals surface area (Å²) >= 11 is 0. The summed E-state index contributed by atoms with van der Waals surface area (Å²) in [6.45, 7) is 9.05. The van der Waals surface area contributed by atoms with Crippen molar-refractivity contribution in [1.29, 1.82) is 0 Å². The fraction of sp³-hybridized carbons (Fsp3) is 0.875. The van der Waals surface area contributed by atoms with Crippen molar-refractivity contribution in [3.8, 4) is 0 Å². The minimum Gasteiger partial charge on any atom is -0.451 e. The Labute approximate surface area is 65.9 Å². The maximum atomic E-state index is 6.91. The molecule has 0 amide bonds. The molecular formula is C8H19N2-. The Hall–Kier alpha value is -0.0800. The molecule has 0 saturated heterocycles. The number of hydrogen-bond acceptors (Lipinski definition) is 2. The van der Waals surface area contributed by atoms with Gasteiger partial charge in [-0.2, -0.15) is 13.8 Å². The fourth-order valence-electron chi connectivity index (χ4n) is 0.724. The van der Waals surface area contributed by atoms with Crippen molar-refractivity contribution in [3.63, 3.8) is 0 Å². The normalized spacial score (nSPS) is 14.5. The van der Waals surface area contributed by atoms with Gasteiger partial charge in [0.2, 0.25) is 0 Å². The van der Waals surface area contributed by atoms with Crippen LogP contribution in [0.5, 0.6) is 0 Å². The zero-order chi connectivity index (χ0) is 9.07. The monoisotopic (exact) mass is 145 g/mol. The Morgan fingerprint density at radius 2 is 2.10 bits per heavy atom. The second-order valence-corrected chi connectivity index (χ2v) is 3.50. The summed E-state index contributed by atoms with van der Waals surface area (Å²) in [4.78, 5) is 2.18. The highest BCUT2D eigenvalue weighted by molar-refractivity contribution is 4.89. The molecule has 2 heteroatoms. The van der Waals surface area contributed by atoms with E-state index in [0.717, 1.165) is 0 Å². The molecule has 0 aliphatic heterocycles. The highest BCUT2D eigenvalue weighted by Crippen LogP contribution is 2.16. The Kier molecular flexibility index (Phi) is 2.69. The standard InChI is InChI=1S/C8H19N2/c1-7(2)10(5)8(3,4)6-9/h6,9H2,1-5H3/q-1/i/hT. The Bertz CT molecular complexity index is 113. The maximum absolute atomic E-state index is 6.91.